The van der Waals surface area contributed by atoms with Crippen molar-refractivity contribution in [3.8, 4) is 0 Å². The lowest BCUT2D eigenvalue weighted by Crippen LogP contribution is -2.60. The van der Waals surface area contributed by atoms with Gasteiger partial charge in [0.05, 0.1) is 16.6 Å². The molecule has 8 heteroatoms. The van der Waals surface area contributed by atoms with Gasteiger partial charge < -0.3 is 5.32 Å². The van der Waals surface area contributed by atoms with E-state index in [1.54, 1.807) is 17.8 Å². The Balaban J connectivity index is 1.47. The largest absolute Gasteiger partial charge is 0.324 e. The van der Waals surface area contributed by atoms with Gasteiger partial charge in [0, 0.05) is 55.8 Å². The zero-order valence-electron chi connectivity index (χ0n) is 20.8. The fraction of sp³-hybridized carbons (Fsp3) is 0.258. The summed E-state index contributed by atoms with van der Waals surface area (Å²) in [5.74, 6) is 1.00. The molecule has 4 heterocycles. The van der Waals surface area contributed by atoms with Crippen molar-refractivity contribution in [2.24, 2.45) is 5.41 Å². The molecule has 3 aliphatic heterocycles. The lowest BCUT2D eigenvalue weighted by Gasteiger charge is -2.48. The number of aromatic nitrogens is 1. The van der Waals surface area contributed by atoms with Gasteiger partial charge in [0.25, 0.3) is 5.91 Å². The molecular formula is C31H23Cl2N3O2S. The number of carbonyl (C=O) groups excluding carboxylic acids is 2. The standard InChI is InChI=1S/C31H23Cl2N3O2S/c32-18-9-10-19(22(33)14-18)27-26-15-39-16-36(26)31(21-6-2-4-8-25(21)35-29(31)38)30(27)12-11-24-20(28(30)37)13-17-5-1-3-7-23(17)34-24/h1-10,13-14,26-27H,11-12,15-16H2,(H,35,38)/t26-,27-,30-,31-/m0/s1. The summed E-state index contributed by atoms with van der Waals surface area (Å²) in [4.78, 5) is 37.0. The number of para-hydroxylation sites is 2. The van der Waals surface area contributed by atoms with E-state index in [1.165, 1.54) is 0 Å². The van der Waals surface area contributed by atoms with Crippen LogP contribution < -0.4 is 5.32 Å². The molecule has 5 nitrogen and oxygen atoms in total. The first kappa shape index (κ1) is 23.9. The second kappa shape index (κ2) is 8.31. The average Bonchev–Trinajstić information content (AvgIpc) is 3.59. The summed E-state index contributed by atoms with van der Waals surface area (Å²) in [5.41, 5.74) is 2.57. The predicted molar refractivity (Wildman–Crippen MR) is 156 cm³/mol. The number of nitrogens with zero attached hydrogens (tertiary/aromatic N) is 2. The smallest absolute Gasteiger partial charge is 0.250 e. The van der Waals surface area contributed by atoms with E-state index in [4.69, 9.17) is 28.2 Å². The molecular weight excluding hydrogens is 549 g/mol. The first-order valence-corrected chi connectivity index (χ1v) is 15.0. The summed E-state index contributed by atoms with van der Waals surface area (Å²) < 4.78 is 0. The predicted octanol–water partition coefficient (Wildman–Crippen LogP) is 6.68. The number of Topliss-reactive ketones (excluding diaryl/α,β-unsaturated/α-hetero) is 1. The second-order valence-corrected chi connectivity index (χ2v) is 12.7. The van der Waals surface area contributed by atoms with Crippen LogP contribution in [0.2, 0.25) is 10.0 Å². The highest BCUT2D eigenvalue weighted by atomic mass is 35.5. The Morgan fingerprint density at radius 2 is 1.82 bits per heavy atom. The van der Waals surface area contributed by atoms with Crippen LogP contribution in [0.5, 0.6) is 0 Å². The lowest BCUT2D eigenvalue weighted by molar-refractivity contribution is -0.131. The third-order valence-electron chi connectivity index (χ3n) is 9.31. The zero-order chi connectivity index (χ0) is 26.5. The van der Waals surface area contributed by atoms with E-state index in [2.05, 4.69) is 10.2 Å². The van der Waals surface area contributed by atoms with E-state index in [1.807, 2.05) is 66.7 Å². The molecule has 0 bridgehead atoms. The summed E-state index contributed by atoms with van der Waals surface area (Å²) in [5, 5.41) is 5.17. The molecule has 39 heavy (non-hydrogen) atoms. The molecule has 4 aromatic rings. The third-order valence-corrected chi connectivity index (χ3v) is 10.9. The molecule has 3 aromatic carbocycles. The number of rotatable bonds is 1. The number of amides is 1. The number of halogens is 2. The summed E-state index contributed by atoms with van der Waals surface area (Å²) in [7, 11) is 0. The van der Waals surface area contributed by atoms with Gasteiger partial charge in [-0.2, -0.15) is 0 Å². The molecule has 2 fully saturated rings. The van der Waals surface area contributed by atoms with Crippen molar-refractivity contribution < 1.29 is 9.59 Å². The second-order valence-electron chi connectivity index (χ2n) is 10.9. The van der Waals surface area contributed by atoms with Crippen LogP contribution in [0.4, 0.5) is 5.69 Å². The number of aryl methyl sites for hydroxylation is 1. The number of thioether (sulfide) groups is 1. The number of hydrogen-bond donors (Lipinski definition) is 1. The van der Waals surface area contributed by atoms with Crippen molar-refractivity contribution >= 4 is 63.2 Å². The Labute approximate surface area is 239 Å². The van der Waals surface area contributed by atoms with Gasteiger partial charge in [-0.25, -0.2) is 0 Å². The molecule has 194 valence electrons. The topological polar surface area (TPSA) is 62.3 Å². The van der Waals surface area contributed by atoms with E-state index in [9.17, 15) is 4.79 Å². The molecule has 0 saturated carbocycles. The van der Waals surface area contributed by atoms with Gasteiger partial charge in [0.1, 0.15) is 5.54 Å². The van der Waals surface area contributed by atoms with Crippen LogP contribution in [0.1, 0.15) is 39.5 Å². The fourth-order valence-corrected chi connectivity index (χ4v) is 9.77. The summed E-state index contributed by atoms with van der Waals surface area (Å²) >= 11 is 15.1. The number of pyridine rings is 1. The average molecular weight is 573 g/mol. The van der Waals surface area contributed by atoms with Gasteiger partial charge in [0.2, 0.25) is 0 Å². The maximum absolute atomic E-state index is 15.3. The molecule has 1 aromatic heterocycles. The van der Waals surface area contributed by atoms with Crippen LogP contribution in [0.15, 0.2) is 72.8 Å². The van der Waals surface area contributed by atoms with Crippen LogP contribution in [0, 0.1) is 5.41 Å². The number of hydrogen-bond acceptors (Lipinski definition) is 5. The summed E-state index contributed by atoms with van der Waals surface area (Å²) in [6.07, 6.45) is 1.09. The molecule has 1 N–H and O–H groups in total. The normalized spacial score (nSPS) is 29.2. The maximum atomic E-state index is 15.3. The zero-order valence-corrected chi connectivity index (χ0v) is 23.1. The molecule has 1 aliphatic carbocycles. The van der Waals surface area contributed by atoms with Gasteiger partial charge in [-0.15, -0.1) is 11.8 Å². The maximum Gasteiger partial charge on any atom is 0.250 e. The highest BCUT2D eigenvalue weighted by Crippen LogP contribution is 2.70. The van der Waals surface area contributed by atoms with Gasteiger partial charge in [-0.3, -0.25) is 19.5 Å². The number of anilines is 1. The van der Waals surface area contributed by atoms with Crippen LogP contribution in [0.25, 0.3) is 10.9 Å². The van der Waals surface area contributed by atoms with Gasteiger partial charge in [-0.1, -0.05) is 65.7 Å². The molecule has 0 unspecified atom stereocenters. The Hall–Kier alpha value is -2.90. The Bertz CT molecular complexity index is 1740. The van der Waals surface area contributed by atoms with Crippen LogP contribution in [-0.2, 0) is 16.8 Å². The number of fused-ring (bicyclic) bond motifs is 7. The molecule has 1 amide bonds. The molecule has 4 aliphatic rings. The monoisotopic (exact) mass is 571 g/mol. The minimum Gasteiger partial charge on any atom is -0.324 e. The van der Waals surface area contributed by atoms with Crippen molar-refractivity contribution in [1.82, 2.24) is 9.88 Å². The van der Waals surface area contributed by atoms with E-state index >= 15 is 4.79 Å². The van der Waals surface area contributed by atoms with E-state index in [0.717, 1.165) is 39.2 Å². The quantitative estimate of drug-likeness (QED) is 0.276. The van der Waals surface area contributed by atoms with E-state index in [-0.39, 0.29) is 23.7 Å². The number of benzene rings is 3. The lowest BCUT2D eigenvalue weighted by atomic mass is 9.53. The Kier molecular flexibility index (Phi) is 5.10. The van der Waals surface area contributed by atoms with Crippen molar-refractivity contribution in [2.45, 2.75) is 30.3 Å². The van der Waals surface area contributed by atoms with Crippen LogP contribution >= 0.6 is 35.0 Å². The highest BCUT2D eigenvalue weighted by Gasteiger charge is 2.78. The molecule has 0 radical (unpaired) electrons. The molecule has 4 atom stereocenters. The van der Waals surface area contributed by atoms with Crippen LogP contribution in [-0.4, -0.2) is 39.2 Å². The van der Waals surface area contributed by atoms with Gasteiger partial charge in [0.15, 0.2) is 5.78 Å². The van der Waals surface area contributed by atoms with Crippen molar-refractivity contribution in [3.63, 3.8) is 0 Å². The van der Waals surface area contributed by atoms with Crippen LogP contribution in [0.3, 0.4) is 0 Å². The molecule has 8 rings (SSSR count). The van der Waals surface area contributed by atoms with Crippen molar-refractivity contribution in [1.29, 1.82) is 0 Å². The summed E-state index contributed by atoms with van der Waals surface area (Å²) in [6.45, 7) is 0. The number of carbonyl (C=O) groups is 2. The van der Waals surface area contributed by atoms with Gasteiger partial charge in [-0.05, 0) is 48.7 Å². The summed E-state index contributed by atoms with van der Waals surface area (Å²) in [6, 6.07) is 23.2. The Morgan fingerprint density at radius 3 is 2.69 bits per heavy atom. The number of nitrogens with one attached hydrogen (secondary N) is 1. The Morgan fingerprint density at radius 1 is 1.00 bits per heavy atom. The minimum absolute atomic E-state index is 0.0238. The fourth-order valence-electron chi connectivity index (χ4n) is 7.94. The van der Waals surface area contributed by atoms with E-state index < -0.39 is 11.0 Å². The third kappa shape index (κ3) is 2.90. The van der Waals surface area contributed by atoms with Crippen molar-refractivity contribution in [2.75, 3.05) is 16.9 Å². The molecule has 2 spiro atoms. The number of ketones is 1. The highest BCUT2D eigenvalue weighted by molar-refractivity contribution is 7.99. The van der Waals surface area contributed by atoms with Gasteiger partial charge >= 0.3 is 0 Å². The first-order chi connectivity index (χ1) is 19.0. The van der Waals surface area contributed by atoms with E-state index in [0.29, 0.717) is 34.3 Å². The minimum atomic E-state index is -1.16. The van der Waals surface area contributed by atoms with Crippen molar-refractivity contribution in [3.05, 3.63) is 105 Å². The SMILES string of the molecule is O=C1Nc2ccccc2[C@]12N1CSC[C@H]1[C@H](c1ccc(Cl)cc1Cl)[C@]21CCc2nc3ccccc3cc2C1=O. The first-order valence-electron chi connectivity index (χ1n) is 13.1. The molecule has 2 saturated heterocycles.